The molecular formula is C13H26N2. The molecule has 2 aliphatic rings. The lowest BCUT2D eigenvalue weighted by molar-refractivity contribution is 0.129. The van der Waals surface area contributed by atoms with Gasteiger partial charge >= 0.3 is 0 Å². The lowest BCUT2D eigenvalue weighted by Gasteiger charge is -2.36. The molecule has 0 bridgehead atoms. The van der Waals surface area contributed by atoms with E-state index in [0.717, 1.165) is 24.4 Å². The summed E-state index contributed by atoms with van der Waals surface area (Å²) in [6.45, 7) is 5.93. The molecule has 2 nitrogen and oxygen atoms in total. The first-order valence-corrected chi connectivity index (χ1v) is 6.73. The minimum absolute atomic E-state index is 0.830. The van der Waals surface area contributed by atoms with E-state index >= 15 is 0 Å². The Labute approximate surface area is 94.2 Å². The van der Waals surface area contributed by atoms with Crippen molar-refractivity contribution in [2.75, 3.05) is 19.6 Å². The second-order valence-electron chi connectivity index (χ2n) is 5.58. The molecule has 1 saturated heterocycles. The van der Waals surface area contributed by atoms with E-state index in [-0.39, 0.29) is 0 Å². The van der Waals surface area contributed by atoms with Crippen molar-refractivity contribution in [3.05, 3.63) is 0 Å². The predicted molar refractivity (Wildman–Crippen MR) is 64.8 cm³/mol. The Kier molecular flexibility index (Phi) is 4.04. The van der Waals surface area contributed by atoms with E-state index in [4.69, 9.17) is 5.73 Å². The maximum atomic E-state index is 5.61. The number of nitrogens with zero attached hydrogens (tertiary/aromatic N) is 1. The standard InChI is InChI=1S/C13H26N2/c1-11(10-13-2-3-13)15-8-5-12(4-7-14)6-9-15/h11-13H,2-10,14H2,1H3. The van der Waals surface area contributed by atoms with Gasteiger partial charge in [0.1, 0.15) is 0 Å². The molecule has 2 heteroatoms. The molecule has 0 spiro atoms. The molecule has 88 valence electrons. The molecule has 0 radical (unpaired) electrons. The number of hydrogen-bond donors (Lipinski definition) is 1. The summed E-state index contributed by atoms with van der Waals surface area (Å²) in [4.78, 5) is 2.70. The van der Waals surface area contributed by atoms with Crippen molar-refractivity contribution in [1.82, 2.24) is 4.90 Å². The summed E-state index contributed by atoms with van der Waals surface area (Å²) in [5.74, 6) is 1.99. The van der Waals surface area contributed by atoms with Gasteiger partial charge in [-0.2, -0.15) is 0 Å². The molecule has 0 amide bonds. The summed E-state index contributed by atoms with van der Waals surface area (Å²) >= 11 is 0. The molecule has 15 heavy (non-hydrogen) atoms. The molecule has 2 rings (SSSR count). The first kappa shape index (κ1) is 11.4. The molecule has 0 aromatic carbocycles. The Balaban J connectivity index is 1.67. The Hall–Kier alpha value is -0.0800. The zero-order chi connectivity index (χ0) is 10.7. The summed E-state index contributed by atoms with van der Waals surface area (Å²) in [6.07, 6.45) is 8.44. The number of hydrogen-bond acceptors (Lipinski definition) is 2. The first-order valence-electron chi connectivity index (χ1n) is 6.73. The lowest BCUT2D eigenvalue weighted by Crippen LogP contribution is -2.40. The summed E-state index contributed by atoms with van der Waals surface area (Å²) in [6, 6.07) is 0.830. The first-order chi connectivity index (χ1) is 7.29. The van der Waals surface area contributed by atoms with Crippen LogP contribution in [0.15, 0.2) is 0 Å². The molecular weight excluding hydrogens is 184 g/mol. The van der Waals surface area contributed by atoms with Gasteiger partial charge in [0.05, 0.1) is 0 Å². The largest absolute Gasteiger partial charge is 0.330 e. The van der Waals surface area contributed by atoms with Gasteiger partial charge in [0.15, 0.2) is 0 Å². The molecule has 1 atom stereocenters. The molecule has 1 unspecified atom stereocenters. The monoisotopic (exact) mass is 210 g/mol. The summed E-state index contributed by atoms with van der Waals surface area (Å²) in [5, 5.41) is 0. The Morgan fingerprint density at radius 1 is 1.13 bits per heavy atom. The third-order valence-electron chi connectivity index (χ3n) is 4.22. The lowest BCUT2D eigenvalue weighted by atomic mass is 9.92. The highest BCUT2D eigenvalue weighted by atomic mass is 15.2. The minimum atomic E-state index is 0.830. The Morgan fingerprint density at radius 3 is 2.33 bits per heavy atom. The predicted octanol–water partition coefficient (Wildman–Crippen LogP) is 2.24. The van der Waals surface area contributed by atoms with E-state index in [1.165, 1.54) is 51.6 Å². The van der Waals surface area contributed by atoms with Gasteiger partial charge in [-0.25, -0.2) is 0 Å². The maximum absolute atomic E-state index is 5.61. The summed E-state index contributed by atoms with van der Waals surface area (Å²) in [7, 11) is 0. The van der Waals surface area contributed by atoms with Gasteiger partial charge in [-0.15, -0.1) is 0 Å². The van der Waals surface area contributed by atoms with Crippen molar-refractivity contribution in [2.45, 2.75) is 51.5 Å². The quantitative estimate of drug-likeness (QED) is 0.754. The van der Waals surface area contributed by atoms with Crippen molar-refractivity contribution in [3.63, 3.8) is 0 Å². The highest BCUT2D eigenvalue weighted by molar-refractivity contribution is 4.82. The van der Waals surface area contributed by atoms with Gasteiger partial charge < -0.3 is 10.6 Å². The van der Waals surface area contributed by atoms with Gasteiger partial charge in [0.2, 0.25) is 0 Å². The molecule has 1 saturated carbocycles. The molecule has 1 heterocycles. The van der Waals surface area contributed by atoms with E-state index < -0.39 is 0 Å². The fourth-order valence-corrected chi connectivity index (χ4v) is 2.90. The minimum Gasteiger partial charge on any atom is -0.330 e. The second-order valence-corrected chi connectivity index (χ2v) is 5.58. The van der Waals surface area contributed by atoms with Crippen LogP contribution in [0.1, 0.15) is 45.4 Å². The van der Waals surface area contributed by atoms with Gasteiger partial charge in [-0.3, -0.25) is 0 Å². The van der Waals surface area contributed by atoms with Gasteiger partial charge in [0, 0.05) is 6.04 Å². The fourth-order valence-electron chi connectivity index (χ4n) is 2.90. The van der Waals surface area contributed by atoms with Crippen molar-refractivity contribution in [3.8, 4) is 0 Å². The van der Waals surface area contributed by atoms with E-state index in [1.54, 1.807) is 0 Å². The van der Waals surface area contributed by atoms with Crippen molar-refractivity contribution in [1.29, 1.82) is 0 Å². The Morgan fingerprint density at radius 2 is 1.80 bits per heavy atom. The average molecular weight is 210 g/mol. The van der Waals surface area contributed by atoms with Crippen LogP contribution in [0.5, 0.6) is 0 Å². The molecule has 0 aromatic heterocycles. The van der Waals surface area contributed by atoms with Gasteiger partial charge in [-0.05, 0) is 64.1 Å². The van der Waals surface area contributed by atoms with Crippen molar-refractivity contribution >= 4 is 0 Å². The van der Waals surface area contributed by atoms with E-state index in [2.05, 4.69) is 11.8 Å². The topological polar surface area (TPSA) is 29.3 Å². The molecule has 0 aromatic rings. The van der Waals surface area contributed by atoms with Crippen LogP contribution >= 0.6 is 0 Å². The zero-order valence-corrected chi connectivity index (χ0v) is 10.1. The summed E-state index contributed by atoms with van der Waals surface area (Å²) in [5.41, 5.74) is 5.61. The summed E-state index contributed by atoms with van der Waals surface area (Å²) < 4.78 is 0. The average Bonchev–Trinajstić information content (AvgIpc) is 3.03. The van der Waals surface area contributed by atoms with E-state index in [0.29, 0.717) is 0 Å². The molecule has 1 aliphatic carbocycles. The van der Waals surface area contributed by atoms with E-state index in [1.807, 2.05) is 0 Å². The highest BCUT2D eigenvalue weighted by Crippen LogP contribution is 2.35. The van der Waals surface area contributed by atoms with Crippen LogP contribution in [0.25, 0.3) is 0 Å². The van der Waals surface area contributed by atoms with Crippen LogP contribution in [0, 0.1) is 11.8 Å². The zero-order valence-electron chi connectivity index (χ0n) is 10.1. The van der Waals surface area contributed by atoms with E-state index in [9.17, 15) is 0 Å². The molecule has 2 N–H and O–H groups in total. The van der Waals surface area contributed by atoms with Crippen molar-refractivity contribution in [2.24, 2.45) is 17.6 Å². The third-order valence-corrected chi connectivity index (χ3v) is 4.22. The Bertz CT molecular complexity index is 181. The normalized spacial score (nSPS) is 26.8. The number of nitrogens with two attached hydrogens (primary N) is 1. The SMILES string of the molecule is CC(CC1CC1)N1CCC(CCN)CC1. The van der Waals surface area contributed by atoms with Gasteiger partial charge in [0.25, 0.3) is 0 Å². The number of piperidine rings is 1. The van der Waals surface area contributed by atoms with Crippen LogP contribution in [-0.2, 0) is 0 Å². The highest BCUT2D eigenvalue weighted by Gasteiger charge is 2.28. The van der Waals surface area contributed by atoms with Gasteiger partial charge in [-0.1, -0.05) is 12.8 Å². The van der Waals surface area contributed by atoms with Crippen LogP contribution < -0.4 is 5.73 Å². The van der Waals surface area contributed by atoms with Crippen LogP contribution in [-0.4, -0.2) is 30.6 Å². The third kappa shape index (κ3) is 3.46. The maximum Gasteiger partial charge on any atom is 0.00695 e. The smallest absolute Gasteiger partial charge is 0.00695 e. The number of likely N-dealkylation sites (tertiary alicyclic amines) is 1. The van der Waals surface area contributed by atoms with Crippen molar-refractivity contribution < 1.29 is 0 Å². The fraction of sp³-hybridized carbons (Fsp3) is 1.00. The van der Waals surface area contributed by atoms with Crippen LogP contribution in [0.2, 0.25) is 0 Å². The molecule has 1 aliphatic heterocycles. The second kappa shape index (κ2) is 5.31. The van der Waals surface area contributed by atoms with Crippen LogP contribution in [0.4, 0.5) is 0 Å². The number of rotatable bonds is 5. The molecule has 2 fully saturated rings. The van der Waals surface area contributed by atoms with Crippen LogP contribution in [0.3, 0.4) is 0 Å².